The second-order valence-electron chi connectivity index (χ2n) is 8.32. The van der Waals surface area contributed by atoms with Crippen LogP contribution in [0.3, 0.4) is 0 Å². The Morgan fingerprint density at radius 1 is 1.12 bits per heavy atom. The van der Waals surface area contributed by atoms with Gasteiger partial charge in [-0.3, -0.25) is 4.79 Å². The molecule has 0 bridgehead atoms. The average molecular weight is 469 g/mol. The first-order valence-electron chi connectivity index (χ1n) is 10.9. The average Bonchev–Trinajstić information content (AvgIpc) is 3.53. The maximum atomic E-state index is 13.4. The fourth-order valence-corrected chi connectivity index (χ4v) is 5.12. The van der Waals surface area contributed by atoms with E-state index >= 15 is 0 Å². The number of rotatable bonds is 10. The van der Waals surface area contributed by atoms with Gasteiger partial charge < -0.3 is 14.5 Å². The SMILES string of the molecule is COc1ccc(C(NC(=O)CN(Cc2ccco2)S(=O)(=O)c2ccc(C)cc2)C2CC2)cc1. The number of nitrogens with zero attached hydrogens (tertiary/aromatic N) is 1. The number of amides is 1. The first-order valence-corrected chi connectivity index (χ1v) is 12.3. The summed E-state index contributed by atoms with van der Waals surface area (Å²) in [5.74, 6) is 1.19. The fraction of sp³-hybridized carbons (Fsp3) is 0.320. The van der Waals surface area contributed by atoms with Crippen molar-refractivity contribution in [3.8, 4) is 5.75 Å². The van der Waals surface area contributed by atoms with Gasteiger partial charge in [0.05, 0.1) is 37.4 Å². The molecule has 33 heavy (non-hydrogen) atoms. The summed E-state index contributed by atoms with van der Waals surface area (Å²) in [6.07, 6.45) is 3.53. The van der Waals surface area contributed by atoms with E-state index in [1.807, 2.05) is 31.2 Å². The summed E-state index contributed by atoms with van der Waals surface area (Å²) in [6, 6.07) is 17.4. The zero-order valence-electron chi connectivity index (χ0n) is 18.7. The molecule has 1 aliphatic carbocycles. The predicted octanol–water partition coefficient (Wildman–Crippen LogP) is 4.06. The molecule has 174 valence electrons. The number of aryl methyl sites for hydroxylation is 1. The number of carbonyl (C=O) groups is 1. The van der Waals surface area contributed by atoms with Crippen molar-refractivity contribution >= 4 is 15.9 Å². The van der Waals surface area contributed by atoms with Crippen molar-refractivity contribution in [3.05, 3.63) is 83.8 Å². The van der Waals surface area contributed by atoms with Crippen LogP contribution in [0.1, 0.15) is 35.8 Å². The van der Waals surface area contributed by atoms with Gasteiger partial charge in [0.1, 0.15) is 11.5 Å². The van der Waals surface area contributed by atoms with Crippen molar-refractivity contribution in [2.75, 3.05) is 13.7 Å². The monoisotopic (exact) mass is 468 g/mol. The molecule has 8 heteroatoms. The van der Waals surface area contributed by atoms with E-state index in [4.69, 9.17) is 9.15 Å². The molecule has 4 rings (SSSR count). The van der Waals surface area contributed by atoms with E-state index in [2.05, 4.69) is 5.32 Å². The molecule has 1 aliphatic rings. The first kappa shape index (κ1) is 23.1. The van der Waals surface area contributed by atoms with Gasteiger partial charge in [-0.15, -0.1) is 0 Å². The minimum atomic E-state index is -3.91. The summed E-state index contributed by atoms with van der Waals surface area (Å²) in [7, 11) is -2.30. The normalized spacial score (nSPS) is 14.8. The Morgan fingerprint density at radius 2 is 1.82 bits per heavy atom. The van der Waals surface area contributed by atoms with Crippen molar-refractivity contribution in [2.45, 2.75) is 37.2 Å². The van der Waals surface area contributed by atoms with Gasteiger partial charge in [-0.25, -0.2) is 8.42 Å². The van der Waals surface area contributed by atoms with Crippen molar-refractivity contribution < 1.29 is 22.4 Å². The highest BCUT2D eigenvalue weighted by Gasteiger charge is 2.35. The van der Waals surface area contributed by atoms with Crippen LogP contribution >= 0.6 is 0 Å². The molecule has 1 fully saturated rings. The Hall–Kier alpha value is -3.10. The molecule has 1 heterocycles. The Labute approximate surface area is 194 Å². The van der Waals surface area contributed by atoms with E-state index in [-0.39, 0.29) is 29.9 Å². The molecular formula is C25H28N2O5S. The Kier molecular flexibility index (Phi) is 6.85. The van der Waals surface area contributed by atoms with Crippen molar-refractivity contribution in [3.63, 3.8) is 0 Å². The van der Waals surface area contributed by atoms with Crippen LogP contribution in [0.15, 0.2) is 76.2 Å². The summed E-state index contributed by atoms with van der Waals surface area (Å²) in [4.78, 5) is 13.2. The van der Waals surface area contributed by atoms with Gasteiger partial charge in [0, 0.05) is 0 Å². The molecule has 2 aromatic carbocycles. The number of hydrogen-bond acceptors (Lipinski definition) is 5. The van der Waals surface area contributed by atoms with Crippen LogP contribution in [0.2, 0.25) is 0 Å². The predicted molar refractivity (Wildman–Crippen MR) is 124 cm³/mol. The van der Waals surface area contributed by atoms with Gasteiger partial charge in [-0.2, -0.15) is 4.31 Å². The second-order valence-corrected chi connectivity index (χ2v) is 10.3. The zero-order chi connectivity index (χ0) is 23.4. The number of nitrogens with one attached hydrogen (secondary N) is 1. The van der Waals surface area contributed by atoms with Crippen LogP contribution in [0.4, 0.5) is 0 Å². The molecular weight excluding hydrogens is 440 g/mol. The highest BCUT2D eigenvalue weighted by atomic mass is 32.2. The number of benzene rings is 2. The highest BCUT2D eigenvalue weighted by Crippen LogP contribution is 2.41. The lowest BCUT2D eigenvalue weighted by Crippen LogP contribution is -2.41. The minimum absolute atomic E-state index is 0.0345. The van der Waals surface area contributed by atoms with Gasteiger partial charge >= 0.3 is 0 Å². The number of furan rings is 1. The van der Waals surface area contributed by atoms with E-state index in [0.717, 1.165) is 34.0 Å². The molecule has 3 aromatic rings. The van der Waals surface area contributed by atoms with E-state index in [0.29, 0.717) is 11.7 Å². The standard InChI is InChI=1S/C25H28N2O5S/c1-18-5-13-23(14-6-18)33(29,30)27(16-22-4-3-15-32-22)17-24(28)26-25(19-7-8-19)20-9-11-21(31-2)12-10-20/h3-6,9-15,19,25H,7-8,16-17H2,1-2H3,(H,26,28). The van der Waals surface area contributed by atoms with Gasteiger partial charge in [0.15, 0.2) is 0 Å². The van der Waals surface area contributed by atoms with Crippen LogP contribution in [-0.2, 0) is 21.4 Å². The fourth-order valence-electron chi connectivity index (χ4n) is 3.75. The van der Waals surface area contributed by atoms with E-state index in [1.165, 1.54) is 6.26 Å². The van der Waals surface area contributed by atoms with Gasteiger partial charge in [-0.1, -0.05) is 29.8 Å². The van der Waals surface area contributed by atoms with Gasteiger partial charge in [0.25, 0.3) is 0 Å². The van der Waals surface area contributed by atoms with Crippen LogP contribution in [0.5, 0.6) is 5.75 Å². The van der Waals surface area contributed by atoms with Crippen LogP contribution < -0.4 is 10.1 Å². The summed E-state index contributed by atoms with van der Waals surface area (Å²) in [5.41, 5.74) is 1.93. The maximum Gasteiger partial charge on any atom is 0.243 e. The lowest BCUT2D eigenvalue weighted by Gasteiger charge is -2.24. The third-order valence-electron chi connectivity index (χ3n) is 5.78. The summed E-state index contributed by atoms with van der Waals surface area (Å²) < 4.78 is 38.5. The third-order valence-corrected chi connectivity index (χ3v) is 7.58. The lowest BCUT2D eigenvalue weighted by molar-refractivity contribution is -0.122. The van der Waals surface area contributed by atoms with Gasteiger partial charge in [0.2, 0.25) is 15.9 Å². The van der Waals surface area contributed by atoms with Crippen LogP contribution in [0.25, 0.3) is 0 Å². The topological polar surface area (TPSA) is 88.8 Å². The number of methoxy groups -OCH3 is 1. The van der Waals surface area contributed by atoms with Gasteiger partial charge in [-0.05, 0) is 67.6 Å². The molecule has 0 radical (unpaired) electrons. The molecule has 1 atom stereocenters. The minimum Gasteiger partial charge on any atom is -0.497 e. The zero-order valence-corrected chi connectivity index (χ0v) is 19.5. The van der Waals surface area contributed by atoms with E-state index < -0.39 is 10.0 Å². The van der Waals surface area contributed by atoms with Crippen LogP contribution in [0, 0.1) is 12.8 Å². The van der Waals surface area contributed by atoms with E-state index in [9.17, 15) is 13.2 Å². The first-order chi connectivity index (χ1) is 15.9. The Morgan fingerprint density at radius 3 is 2.39 bits per heavy atom. The summed E-state index contributed by atoms with van der Waals surface area (Å²) in [5, 5.41) is 3.06. The second kappa shape index (κ2) is 9.80. The molecule has 1 N–H and O–H groups in total. The Balaban J connectivity index is 1.54. The Bertz CT molecular complexity index is 1170. The maximum absolute atomic E-state index is 13.4. The largest absolute Gasteiger partial charge is 0.497 e. The molecule has 0 saturated heterocycles. The molecule has 1 amide bonds. The lowest BCUT2D eigenvalue weighted by atomic mass is 10.0. The molecule has 1 unspecified atom stereocenters. The molecule has 1 saturated carbocycles. The van der Waals surface area contributed by atoms with Crippen molar-refractivity contribution in [2.24, 2.45) is 5.92 Å². The van der Waals surface area contributed by atoms with Crippen LogP contribution in [-0.4, -0.2) is 32.3 Å². The number of sulfonamides is 1. The molecule has 7 nitrogen and oxygen atoms in total. The number of ether oxygens (including phenoxy) is 1. The third kappa shape index (κ3) is 5.64. The summed E-state index contributed by atoms with van der Waals surface area (Å²) >= 11 is 0. The van der Waals surface area contributed by atoms with Crippen molar-refractivity contribution in [1.82, 2.24) is 9.62 Å². The molecule has 0 spiro atoms. The summed E-state index contributed by atoms with van der Waals surface area (Å²) in [6.45, 7) is 1.55. The number of carbonyl (C=O) groups excluding carboxylic acids is 1. The highest BCUT2D eigenvalue weighted by molar-refractivity contribution is 7.89. The molecule has 1 aromatic heterocycles. The van der Waals surface area contributed by atoms with E-state index in [1.54, 1.807) is 43.5 Å². The quantitative estimate of drug-likeness (QED) is 0.485. The smallest absolute Gasteiger partial charge is 0.243 e. The van der Waals surface area contributed by atoms with Crippen molar-refractivity contribution in [1.29, 1.82) is 0 Å². The number of hydrogen-bond donors (Lipinski definition) is 1. The molecule has 0 aliphatic heterocycles.